The fourth-order valence-corrected chi connectivity index (χ4v) is 2.01. The van der Waals surface area contributed by atoms with Crippen molar-refractivity contribution in [3.05, 3.63) is 0 Å². The maximum absolute atomic E-state index is 11.6. The van der Waals surface area contributed by atoms with Gasteiger partial charge in [-0.15, -0.1) is 0 Å². The molecule has 2 N–H and O–H groups in total. The number of rotatable bonds is 4. The molecule has 0 heterocycles. The monoisotopic (exact) mass is 183 g/mol. The molecule has 0 radical (unpaired) electrons. The molecule has 2 heteroatoms. The summed E-state index contributed by atoms with van der Waals surface area (Å²) in [4.78, 5) is 11.6. The summed E-state index contributed by atoms with van der Waals surface area (Å²) in [7, 11) is 0. The van der Waals surface area contributed by atoms with Gasteiger partial charge in [0.25, 0.3) is 0 Å². The molecule has 0 spiro atoms. The molecular weight excluding hydrogens is 162 g/mol. The zero-order valence-corrected chi connectivity index (χ0v) is 8.75. The fraction of sp³-hybridized carbons (Fsp3) is 0.909. The van der Waals surface area contributed by atoms with Crippen LogP contribution in [0.25, 0.3) is 0 Å². The molecule has 1 fully saturated rings. The summed E-state index contributed by atoms with van der Waals surface area (Å²) in [5.41, 5.74) is 5.79. The Morgan fingerprint density at radius 2 is 1.92 bits per heavy atom. The lowest BCUT2D eigenvalue weighted by Crippen LogP contribution is -2.36. The summed E-state index contributed by atoms with van der Waals surface area (Å²) in [6, 6.07) is -0.236. The van der Waals surface area contributed by atoms with E-state index in [-0.39, 0.29) is 17.7 Å². The highest BCUT2D eigenvalue weighted by Crippen LogP contribution is 2.28. The molecule has 2 nitrogen and oxygen atoms in total. The van der Waals surface area contributed by atoms with Gasteiger partial charge in [0.05, 0.1) is 6.04 Å². The molecule has 13 heavy (non-hydrogen) atoms. The van der Waals surface area contributed by atoms with Gasteiger partial charge in [0.1, 0.15) is 5.78 Å². The number of ketones is 1. The summed E-state index contributed by atoms with van der Waals surface area (Å²) in [6.07, 6.45) is 5.79. The van der Waals surface area contributed by atoms with E-state index in [9.17, 15) is 4.79 Å². The second-order valence-electron chi connectivity index (χ2n) is 4.59. The first-order valence-electron chi connectivity index (χ1n) is 5.39. The van der Waals surface area contributed by atoms with Crippen molar-refractivity contribution in [3.8, 4) is 0 Å². The van der Waals surface area contributed by atoms with Gasteiger partial charge in [-0.3, -0.25) is 4.79 Å². The third-order valence-corrected chi connectivity index (χ3v) is 3.05. The van der Waals surface area contributed by atoms with Crippen molar-refractivity contribution in [3.63, 3.8) is 0 Å². The van der Waals surface area contributed by atoms with E-state index in [2.05, 4.69) is 0 Å². The maximum atomic E-state index is 11.6. The average molecular weight is 183 g/mol. The van der Waals surface area contributed by atoms with Crippen LogP contribution in [0.1, 0.15) is 46.0 Å². The lowest BCUT2D eigenvalue weighted by molar-refractivity contribution is -0.122. The SMILES string of the molecule is CC(C)C(N)C(=O)CC1CCCC1. The largest absolute Gasteiger partial charge is 0.321 e. The Labute approximate surface area is 80.9 Å². The van der Waals surface area contributed by atoms with Crippen LogP contribution in [0.15, 0.2) is 0 Å². The molecule has 1 unspecified atom stereocenters. The van der Waals surface area contributed by atoms with Gasteiger partial charge in [0.2, 0.25) is 0 Å². The Balaban J connectivity index is 2.31. The van der Waals surface area contributed by atoms with Crippen LogP contribution in [0.2, 0.25) is 0 Å². The summed E-state index contributed by atoms with van der Waals surface area (Å²) < 4.78 is 0. The average Bonchev–Trinajstić information content (AvgIpc) is 2.55. The predicted octanol–water partition coefficient (Wildman–Crippen LogP) is 2.12. The molecule has 1 rings (SSSR count). The van der Waals surface area contributed by atoms with Crippen LogP contribution in [0.5, 0.6) is 0 Å². The summed E-state index contributed by atoms with van der Waals surface area (Å²) >= 11 is 0. The highest BCUT2D eigenvalue weighted by atomic mass is 16.1. The van der Waals surface area contributed by atoms with E-state index in [1.165, 1.54) is 25.7 Å². The number of carbonyl (C=O) groups excluding carboxylic acids is 1. The fourth-order valence-electron chi connectivity index (χ4n) is 2.01. The molecule has 0 saturated heterocycles. The highest BCUT2D eigenvalue weighted by Gasteiger charge is 2.23. The van der Waals surface area contributed by atoms with Gasteiger partial charge in [0.15, 0.2) is 0 Å². The number of carbonyl (C=O) groups is 1. The zero-order valence-electron chi connectivity index (χ0n) is 8.75. The van der Waals surface area contributed by atoms with Crippen molar-refractivity contribution < 1.29 is 4.79 Å². The Kier molecular flexibility index (Phi) is 3.91. The van der Waals surface area contributed by atoms with E-state index in [1.807, 2.05) is 13.8 Å². The van der Waals surface area contributed by atoms with E-state index in [0.717, 1.165) is 6.42 Å². The summed E-state index contributed by atoms with van der Waals surface area (Å²) in [5, 5.41) is 0. The zero-order chi connectivity index (χ0) is 9.84. The molecule has 0 bridgehead atoms. The van der Waals surface area contributed by atoms with E-state index < -0.39 is 0 Å². The van der Waals surface area contributed by atoms with Crippen LogP contribution in [-0.4, -0.2) is 11.8 Å². The van der Waals surface area contributed by atoms with Crippen LogP contribution in [0, 0.1) is 11.8 Å². The van der Waals surface area contributed by atoms with Crippen LogP contribution in [0.3, 0.4) is 0 Å². The molecule has 1 aliphatic rings. The minimum Gasteiger partial charge on any atom is -0.321 e. The Morgan fingerprint density at radius 3 is 2.38 bits per heavy atom. The van der Waals surface area contributed by atoms with E-state index in [1.54, 1.807) is 0 Å². The summed E-state index contributed by atoms with van der Waals surface area (Å²) in [5.74, 6) is 1.19. The normalized spacial score (nSPS) is 20.9. The molecule has 1 saturated carbocycles. The molecule has 76 valence electrons. The third kappa shape index (κ3) is 3.11. The van der Waals surface area contributed by atoms with Crippen LogP contribution >= 0.6 is 0 Å². The van der Waals surface area contributed by atoms with Crippen molar-refractivity contribution >= 4 is 5.78 Å². The topological polar surface area (TPSA) is 43.1 Å². The van der Waals surface area contributed by atoms with Gasteiger partial charge in [-0.1, -0.05) is 39.5 Å². The second-order valence-corrected chi connectivity index (χ2v) is 4.59. The summed E-state index contributed by atoms with van der Waals surface area (Å²) in [6.45, 7) is 4.02. The van der Waals surface area contributed by atoms with Crippen LogP contribution in [0.4, 0.5) is 0 Å². The lowest BCUT2D eigenvalue weighted by Gasteiger charge is -2.16. The van der Waals surface area contributed by atoms with Gasteiger partial charge in [0, 0.05) is 6.42 Å². The first-order valence-corrected chi connectivity index (χ1v) is 5.39. The molecule has 0 aromatic rings. The van der Waals surface area contributed by atoms with Crippen molar-refractivity contribution in [1.29, 1.82) is 0 Å². The highest BCUT2D eigenvalue weighted by molar-refractivity contribution is 5.84. The number of Topliss-reactive ketones (excluding diaryl/α,β-unsaturated/α-hetero) is 1. The van der Waals surface area contributed by atoms with Crippen molar-refractivity contribution in [2.24, 2.45) is 17.6 Å². The van der Waals surface area contributed by atoms with Crippen molar-refractivity contribution in [2.75, 3.05) is 0 Å². The number of nitrogens with two attached hydrogens (primary N) is 1. The molecular formula is C11H21NO. The van der Waals surface area contributed by atoms with Crippen molar-refractivity contribution in [2.45, 2.75) is 52.0 Å². The standard InChI is InChI=1S/C11H21NO/c1-8(2)11(12)10(13)7-9-5-3-4-6-9/h8-9,11H,3-7,12H2,1-2H3. The maximum Gasteiger partial charge on any atom is 0.150 e. The molecule has 0 aromatic heterocycles. The molecule has 0 aromatic carbocycles. The molecule has 1 atom stereocenters. The van der Waals surface area contributed by atoms with E-state index in [0.29, 0.717) is 5.92 Å². The van der Waals surface area contributed by atoms with Gasteiger partial charge < -0.3 is 5.73 Å². The first-order chi connectivity index (χ1) is 6.11. The number of hydrogen-bond donors (Lipinski definition) is 1. The van der Waals surface area contributed by atoms with Gasteiger partial charge >= 0.3 is 0 Å². The predicted molar refractivity (Wildman–Crippen MR) is 54.4 cm³/mol. The van der Waals surface area contributed by atoms with Crippen LogP contribution < -0.4 is 5.73 Å². The van der Waals surface area contributed by atoms with E-state index >= 15 is 0 Å². The Morgan fingerprint density at radius 1 is 1.38 bits per heavy atom. The molecule has 0 aliphatic heterocycles. The van der Waals surface area contributed by atoms with Crippen LogP contribution in [-0.2, 0) is 4.79 Å². The first kappa shape index (κ1) is 10.7. The van der Waals surface area contributed by atoms with Crippen molar-refractivity contribution in [1.82, 2.24) is 0 Å². The molecule has 1 aliphatic carbocycles. The number of hydrogen-bond acceptors (Lipinski definition) is 2. The van der Waals surface area contributed by atoms with Gasteiger partial charge in [-0.25, -0.2) is 0 Å². The smallest absolute Gasteiger partial charge is 0.150 e. The molecule has 0 amide bonds. The lowest BCUT2D eigenvalue weighted by atomic mass is 9.92. The Hall–Kier alpha value is -0.370. The second kappa shape index (κ2) is 4.75. The Bertz CT molecular complexity index is 171. The minimum atomic E-state index is -0.236. The third-order valence-electron chi connectivity index (χ3n) is 3.05. The van der Waals surface area contributed by atoms with E-state index in [4.69, 9.17) is 5.73 Å². The quantitative estimate of drug-likeness (QED) is 0.725. The van der Waals surface area contributed by atoms with Gasteiger partial charge in [-0.2, -0.15) is 0 Å². The van der Waals surface area contributed by atoms with Gasteiger partial charge in [-0.05, 0) is 11.8 Å². The minimum absolute atomic E-state index is 0.236.